The smallest absolute Gasteiger partial charge is 0.220 e. The fourth-order valence-corrected chi connectivity index (χ4v) is 2.45. The number of hydrogen-bond acceptors (Lipinski definition) is 4. The number of benzene rings is 2. The lowest BCUT2D eigenvalue weighted by Crippen LogP contribution is -2.26. The van der Waals surface area contributed by atoms with Gasteiger partial charge < -0.3 is 15.8 Å². The number of anilines is 1. The molecular formula is C21H26N2O3. The molecule has 138 valence electrons. The van der Waals surface area contributed by atoms with E-state index in [1.807, 2.05) is 31.2 Å². The van der Waals surface area contributed by atoms with Crippen LogP contribution in [0.1, 0.15) is 42.1 Å². The molecule has 2 aromatic carbocycles. The van der Waals surface area contributed by atoms with Crippen molar-refractivity contribution in [1.82, 2.24) is 5.32 Å². The molecule has 1 amide bonds. The zero-order valence-electron chi connectivity index (χ0n) is 15.2. The summed E-state index contributed by atoms with van der Waals surface area (Å²) in [5.41, 5.74) is 8.08. The van der Waals surface area contributed by atoms with Gasteiger partial charge in [-0.2, -0.15) is 0 Å². The lowest BCUT2D eigenvalue weighted by Gasteiger charge is -2.07. The third-order valence-electron chi connectivity index (χ3n) is 3.94. The third kappa shape index (κ3) is 6.59. The number of Topliss-reactive ketones (excluding diaryl/α,β-unsaturated/α-hetero) is 1. The molecule has 5 heteroatoms. The summed E-state index contributed by atoms with van der Waals surface area (Å²) < 4.78 is 5.49. The summed E-state index contributed by atoms with van der Waals surface area (Å²) in [6.07, 6.45) is 2.06. The van der Waals surface area contributed by atoms with Gasteiger partial charge in [0, 0.05) is 30.6 Å². The summed E-state index contributed by atoms with van der Waals surface area (Å²) in [5, 5.41) is 2.84. The van der Waals surface area contributed by atoms with Crippen molar-refractivity contribution in [2.45, 2.75) is 32.6 Å². The number of nitrogen functional groups attached to an aromatic ring is 1. The van der Waals surface area contributed by atoms with Crippen LogP contribution in [0.5, 0.6) is 5.75 Å². The van der Waals surface area contributed by atoms with E-state index in [-0.39, 0.29) is 24.5 Å². The van der Waals surface area contributed by atoms with E-state index in [0.29, 0.717) is 18.7 Å². The lowest BCUT2D eigenvalue weighted by molar-refractivity contribution is -0.121. The Bertz CT molecular complexity index is 709. The molecule has 0 radical (unpaired) electrons. The second-order valence-electron chi connectivity index (χ2n) is 6.14. The molecule has 0 unspecified atom stereocenters. The molecule has 0 saturated carbocycles. The Morgan fingerprint density at radius 3 is 2.35 bits per heavy atom. The summed E-state index contributed by atoms with van der Waals surface area (Å²) in [4.78, 5) is 24.1. The van der Waals surface area contributed by atoms with Crippen LogP contribution in [0.3, 0.4) is 0 Å². The number of ketones is 1. The van der Waals surface area contributed by atoms with E-state index in [9.17, 15) is 9.59 Å². The summed E-state index contributed by atoms with van der Waals surface area (Å²) in [6.45, 7) is 3.24. The Morgan fingerprint density at radius 1 is 1.00 bits per heavy atom. The maximum absolute atomic E-state index is 12.2. The zero-order chi connectivity index (χ0) is 18.8. The van der Waals surface area contributed by atoms with Crippen molar-refractivity contribution in [3.05, 3.63) is 59.7 Å². The molecule has 0 bridgehead atoms. The number of nitrogens with two attached hydrogens (primary N) is 1. The van der Waals surface area contributed by atoms with E-state index in [0.717, 1.165) is 29.8 Å². The van der Waals surface area contributed by atoms with Crippen LogP contribution < -0.4 is 15.8 Å². The number of ether oxygens (including phenoxy) is 1. The first-order valence-corrected chi connectivity index (χ1v) is 8.95. The van der Waals surface area contributed by atoms with Gasteiger partial charge in [-0.05, 0) is 54.8 Å². The largest absolute Gasteiger partial charge is 0.494 e. The summed E-state index contributed by atoms with van der Waals surface area (Å²) in [6, 6.07) is 14.6. The molecule has 2 rings (SSSR count). The van der Waals surface area contributed by atoms with Gasteiger partial charge in [-0.1, -0.05) is 19.1 Å². The van der Waals surface area contributed by atoms with Gasteiger partial charge in [-0.3, -0.25) is 9.59 Å². The first-order chi connectivity index (χ1) is 12.6. The highest BCUT2D eigenvalue weighted by molar-refractivity contribution is 5.98. The van der Waals surface area contributed by atoms with Gasteiger partial charge >= 0.3 is 0 Å². The molecule has 5 nitrogen and oxygen atoms in total. The van der Waals surface area contributed by atoms with Gasteiger partial charge in [0.05, 0.1) is 6.61 Å². The van der Waals surface area contributed by atoms with Crippen LogP contribution in [-0.2, 0) is 11.2 Å². The molecule has 26 heavy (non-hydrogen) atoms. The average molecular weight is 354 g/mol. The standard InChI is InChI=1S/C21H26N2O3/c1-2-15-26-19-9-5-17(6-10-19)20(24)11-12-21(25)23-14-13-16-3-7-18(22)8-4-16/h3-10H,2,11-15,22H2,1H3,(H,23,25). The SMILES string of the molecule is CCCOc1ccc(C(=O)CCC(=O)NCCc2ccc(N)cc2)cc1. The van der Waals surface area contributed by atoms with Gasteiger partial charge in [-0.15, -0.1) is 0 Å². The minimum absolute atomic E-state index is 0.0410. The Labute approximate surface area is 154 Å². The molecule has 0 saturated heterocycles. The second kappa shape index (κ2) is 10.2. The molecule has 3 N–H and O–H groups in total. The number of carbonyl (C=O) groups excluding carboxylic acids is 2. The molecule has 0 fully saturated rings. The van der Waals surface area contributed by atoms with E-state index in [1.54, 1.807) is 24.3 Å². The first kappa shape index (κ1) is 19.5. The van der Waals surface area contributed by atoms with E-state index >= 15 is 0 Å². The van der Waals surface area contributed by atoms with E-state index in [2.05, 4.69) is 5.32 Å². The maximum atomic E-state index is 12.2. The van der Waals surface area contributed by atoms with Crippen LogP contribution in [0.2, 0.25) is 0 Å². The normalized spacial score (nSPS) is 10.3. The molecule has 2 aromatic rings. The summed E-state index contributed by atoms with van der Waals surface area (Å²) >= 11 is 0. The highest BCUT2D eigenvalue weighted by Crippen LogP contribution is 2.14. The Morgan fingerprint density at radius 2 is 1.69 bits per heavy atom. The zero-order valence-corrected chi connectivity index (χ0v) is 15.2. The van der Waals surface area contributed by atoms with Crippen LogP contribution in [0, 0.1) is 0 Å². The van der Waals surface area contributed by atoms with Crippen LogP contribution >= 0.6 is 0 Å². The van der Waals surface area contributed by atoms with E-state index in [1.165, 1.54) is 0 Å². The van der Waals surface area contributed by atoms with Gasteiger partial charge in [0.1, 0.15) is 5.75 Å². The third-order valence-corrected chi connectivity index (χ3v) is 3.94. The predicted molar refractivity (Wildman–Crippen MR) is 103 cm³/mol. The predicted octanol–water partition coefficient (Wildman–Crippen LogP) is 3.38. The van der Waals surface area contributed by atoms with Crippen LogP contribution in [-0.4, -0.2) is 24.8 Å². The highest BCUT2D eigenvalue weighted by Gasteiger charge is 2.09. The van der Waals surface area contributed by atoms with Gasteiger partial charge in [0.15, 0.2) is 5.78 Å². The van der Waals surface area contributed by atoms with E-state index in [4.69, 9.17) is 10.5 Å². The molecule has 0 atom stereocenters. The Balaban J connectivity index is 1.69. The van der Waals surface area contributed by atoms with Crippen molar-refractivity contribution in [3.63, 3.8) is 0 Å². The molecule has 0 aromatic heterocycles. The number of amides is 1. The fraction of sp³-hybridized carbons (Fsp3) is 0.333. The molecule has 0 heterocycles. The molecule has 0 aliphatic heterocycles. The van der Waals surface area contributed by atoms with Crippen molar-refractivity contribution in [2.24, 2.45) is 0 Å². The minimum atomic E-state index is -0.114. The van der Waals surface area contributed by atoms with Crippen LogP contribution in [0.15, 0.2) is 48.5 Å². The topological polar surface area (TPSA) is 81.4 Å². The average Bonchev–Trinajstić information content (AvgIpc) is 2.66. The quantitative estimate of drug-likeness (QED) is 0.506. The molecule has 0 spiro atoms. The van der Waals surface area contributed by atoms with E-state index < -0.39 is 0 Å². The van der Waals surface area contributed by atoms with Crippen molar-refractivity contribution < 1.29 is 14.3 Å². The highest BCUT2D eigenvalue weighted by atomic mass is 16.5. The molecule has 0 aliphatic rings. The Kier molecular flexibility index (Phi) is 7.68. The Hall–Kier alpha value is -2.82. The monoisotopic (exact) mass is 354 g/mol. The fourth-order valence-electron chi connectivity index (χ4n) is 2.45. The van der Waals surface area contributed by atoms with Crippen molar-refractivity contribution >= 4 is 17.4 Å². The van der Waals surface area contributed by atoms with Gasteiger partial charge in [0.25, 0.3) is 0 Å². The lowest BCUT2D eigenvalue weighted by atomic mass is 10.1. The van der Waals surface area contributed by atoms with Crippen molar-refractivity contribution in [2.75, 3.05) is 18.9 Å². The number of hydrogen-bond donors (Lipinski definition) is 2. The van der Waals surface area contributed by atoms with Crippen LogP contribution in [0.25, 0.3) is 0 Å². The molecule has 0 aliphatic carbocycles. The molecular weight excluding hydrogens is 328 g/mol. The number of carbonyl (C=O) groups is 2. The minimum Gasteiger partial charge on any atom is -0.494 e. The van der Waals surface area contributed by atoms with Crippen molar-refractivity contribution in [1.29, 1.82) is 0 Å². The van der Waals surface area contributed by atoms with Crippen LogP contribution in [0.4, 0.5) is 5.69 Å². The first-order valence-electron chi connectivity index (χ1n) is 8.95. The summed E-state index contributed by atoms with van der Waals surface area (Å²) in [7, 11) is 0. The summed E-state index contributed by atoms with van der Waals surface area (Å²) in [5.74, 6) is 0.598. The van der Waals surface area contributed by atoms with Gasteiger partial charge in [0.2, 0.25) is 5.91 Å². The number of nitrogens with one attached hydrogen (secondary N) is 1. The maximum Gasteiger partial charge on any atom is 0.220 e. The number of rotatable bonds is 10. The van der Waals surface area contributed by atoms with Crippen molar-refractivity contribution in [3.8, 4) is 5.75 Å². The van der Waals surface area contributed by atoms with Gasteiger partial charge in [-0.25, -0.2) is 0 Å². The second-order valence-corrected chi connectivity index (χ2v) is 6.14.